The Morgan fingerprint density at radius 3 is 2.82 bits per heavy atom. The van der Waals surface area contributed by atoms with Gasteiger partial charge in [0.1, 0.15) is 6.34 Å². The minimum Gasteiger partial charge on any atom is -0.299 e. The van der Waals surface area contributed by atoms with Crippen LogP contribution in [-0.4, -0.2) is 48.8 Å². The van der Waals surface area contributed by atoms with Crippen molar-refractivity contribution in [1.29, 1.82) is 0 Å². The van der Waals surface area contributed by atoms with Crippen molar-refractivity contribution in [3.63, 3.8) is 0 Å². The summed E-state index contributed by atoms with van der Waals surface area (Å²) in [4.78, 5) is 26.0. The summed E-state index contributed by atoms with van der Waals surface area (Å²) in [6.07, 6.45) is 6.84. The van der Waals surface area contributed by atoms with Crippen molar-refractivity contribution in [2.75, 3.05) is 19.6 Å². The molecule has 0 aromatic heterocycles. The summed E-state index contributed by atoms with van der Waals surface area (Å²) in [6, 6.07) is 0. The van der Waals surface area contributed by atoms with E-state index in [9.17, 15) is 4.79 Å². The molecule has 3 heterocycles. The van der Waals surface area contributed by atoms with Crippen molar-refractivity contribution in [2.24, 2.45) is 15.0 Å². The lowest BCUT2D eigenvalue weighted by Crippen LogP contribution is -2.32. The monoisotopic (exact) mass is 230 g/mol. The third-order valence-corrected chi connectivity index (χ3v) is 3.30. The molecule has 1 fully saturated rings. The zero-order chi connectivity index (χ0) is 11.7. The summed E-state index contributed by atoms with van der Waals surface area (Å²) in [7, 11) is 0. The van der Waals surface area contributed by atoms with Gasteiger partial charge in [0.05, 0.1) is 5.57 Å². The third kappa shape index (κ3) is 1.98. The number of carbonyl (C=O) groups excluding carboxylic acids is 1. The summed E-state index contributed by atoms with van der Waals surface area (Å²) in [5.74, 6) is 0.316. The maximum atomic E-state index is 11.7. The van der Waals surface area contributed by atoms with Crippen LogP contribution in [-0.2, 0) is 4.79 Å². The van der Waals surface area contributed by atoms with Crippen molar-refractivity contribution in [2.45, 2.75) is 19.3 Å². The molecule has 0 spiro atoms. The Morgan fingerprint density at radius 2 is 2.00 bits per heavy atom. The Bertz CT molecular complexity index is 467. The van der Waals surface area contributed by atoms with Crippen LogP contribution in [0.15, 0.2) is 26.1 Å². The molecule has 0 unspecified atom stereocenters. The van der Waals surface area contributed by atoms with Gasteiger partial charge in [-0.25, -0.2) is 9.98 Å². The molecule has 1 saturated heterocycles. The van der Waals surface area contributed by atoms with Crippen LogP contribution >= 0.6 is 0 Å². The quantitative estimate of drug-likeness (QED) is 0.705. The molecule has 5 heteroatoms. The topological polar surface area (TPSA) is 57.4 Å². The van der Waals surface area contributed by atoms with Crippen molar-refractivity contribution in [3.05, 3.63) is 11.1 Å². The van der Waals surface area contributed by atoms with Crippen LogP contribution in [0.5, 0.6) is 0 Å². The Kier molecular flexibility index (Phi) is 2.68. The van der Waals surface area contributed by atoms with Gasteiger partial charge in [0.15, 0.2) is 5.84 Å². The standard InChI is InChI=1S/C12H14N4O/c17-12-10-9(6-13-11(10)14-8-15-12)7-16-4-2-1-3-5-16/h6,8H,1-5,7H2. The van der Waals surface area contributed by atoms with Crippen molar-refractivity contribution >= 4 is 24.3 Å². The van der Waals surface area contributed by atoms with E-state index >= 15 is 0 Å². The average molecular weight is 230 g/mol. The van der Waals surface area contributed by atoms with Gasteiger partial charge in [0.25, 0.3) is 5.91 Å². The second kappa shape index (κ2) is 4.33. The molecule has 17 heavy (non-hydrogen) atoms. The smallest absolute Gasteiger partial charge is 0.282 e. The lowest BCUT2D eigenvalue weighted by atomic mass is 10.1. The number of likely N-dealkylation sites (tertiary alicyclic amines) is 1. The van der Waals surface area contributed by atoms with Crippen LogP contribution in [0, 0.1) is 0 Å². The Balaban J connectivity index is 1.80. The zero-order valence-electron chi connectivity index (χ0n) is 9.59. The molecule has 88 valence electrons. The first-order valence-electron chi connectivity index (χ1n) is 5.99. The molecule has 0 saturated carbocycles. The van der Waals surface area contributed by atoms with Crippen LogP contribution in [0.25, 0.3) is 0 Å². The molecule has 0 N–H and O–H groups in total. The number of nitrogens with zero attached hydrogens (tertiary/aromatic N) is 4. The van der Waals surface area contributed by atoms with E-state index in [1.54, 1.807) is 6.21 Å². The number of aliphatic imine (C=N–C) groups is 3. The van der Waals surface area contributed by atoms with Gasteiger partial charge in [0.2, 0.25) is 0 Å². The summed E-state index contributed by atoms with van der Waals surface area (Å²) in [6.45, 7) is 3.00. The van der Waals surface area contributed by atoms with Gasteiger partial charge in [0, 0.05) is 18.3 Å². The molecule has 0 aliphatic carbocycles. The van der Waals surface area contributed by atoms with E-state index in [0.717, 1.165) is 25.2 Å². The minimum atomic E-state index is -0.209. The first-order valence-corrected chi connectivity index (χ1v) is 5.99. The number of piperidine rings is 1. The summed E-state index contributed by atoms with van der Waals surface area (Å²) >= 11 is 0. The lowest BCUT2D eigenvalue weighted by Gasteiger charge is -2.26. The molecule has 5 nitrogen and oxygen atoms in total. The third-order valence-electron chi connectivity index (χ3n) is 3.30. The van der Waals surface area contributed by atoms with Gasteiger partial charge in [-0.05, 0) is 25.9 Å². The van der Waals surface area contributed by atoms with Gasteiger partial charge >= 0.3 is 0 Å². The summed E-state index contributed by atoms with van der Waals surface area (Å²) < 4.78 is 0. The van der Waals surface area contributed by atoms with Gasteiger partial charge in [-0.1, -0.05) is 6.42 Å². The fourth-order valence-corrected chi connectivity index (χ4v) is 2.42. The first kappa shape index (κ1) is 10.5. The van der Waals surface area contributed by atoms with E-state index < -0.39 is 0 Å². The Hall–Kier alpha value is -1.62. The number of carbonyl (C=O) groups is 1. The van der Waals surface area contributed by atoms with Crippen molar-refractivity contribution in [1.82, 2.24) is 4.90 Å². The number of fused-ring (bicyclic) bond motifs is 1. The van der Waals surface area contributed by atoms with Crippen LogP contribution in [0.4, 0.5) is 0 Å². The SMILES string of the molecule is O=C1N=CN=C2N=CC(CN3CCCCC3)=C12. The van der Waals surface area contributed by atoms with Crippen LogP contribution in [0.2, 0.25) is 0 Å². The van der Waals surface area contributed by atoms with E-state index in [1.807, 2.05) is 0 Å². The fourth-order valence-electron chi connectivity index (χ4n) is 2.42. The number of rotatable bonds is 2. The molecule has 3 rings (SSSR count). The highest BCUT2D eigenvalue weighted by Crippen LogP contribution is 2.19. The summed E-state index contributed by atoms with van der Waals surface area (Å²) in [5, 5.41) is 0. The second-order valence-corrected chi connectivity index (χ2v) is 4.50. The molecule has 0 aromatic carbocycles. The number of hydrogen-bond donors (Lipinski definition) is 0. The van der Waals surface area contributed by atoms with Crippen LogP contribution < -0.4 is 0 Å². The van der Waals surface area contributed by atoms with E-state index in [0.29, 0.717) is 11.4 Å². The predicted molar refractivity (Wildman–Crippen MR) is 66.7 cm³/mol. The molecule has 0 atom stereocenters. The molecule has 0 aromatic rings. The molecule has 0 radical (unpaired) electrons. The maximum Gasteiger partial charge on any atom is 0.282 e. The normalized spacial score (nSPS) is 24.2. The molecule has 3 aliphatic rings. The second-order valence-electron chi connectivity index (χ2n) is 4.50. The average Bonchev–Trinajstić information content (AvgIpc) is 2.75. The highest BCUT2D eigenvalue weighted by molar-refractivity contribution is 6.32. The minimum absolute atomic E-state index is 0.209. The molecule has 0 bridgehead atoms. The summed E-state index contributed by atoms with van der Waals surface area (Å²) in [5.41, 5.74) is 1.56. The van der Waals surface area contributed by atoms with Crippen molar-refractivity contribution in [3.8, 4) is 0 Å². The Labute approximate surface area is 99.7 Å². The molecule has 3 aliphatic heterocycles. The number of hydrogen-bond acceptors (Lipinski definition) is 4. The van der Waals surface area contributed by atoms with E-state index in [4.69, 9.17) is 0 Å². The Morgan fingerprint density at radius 1 is 1.18 bits per heavy atom. The largest absolute Gasteiger partial charge is 0.299 e. The highest BCUT2D eigenvalue weighted by atomic mass is 16.1. The predicted octanol–water partition coefficient (Wildman–Crippen LogP) is 0.820. The molecular formula is C12H14N4O. The van der Waals surface area contributed by atoms with Gasteiger partial charge in [-0.2, -0.15) is 4.99 Å². The zero-order valence-corrected chi connectivity index (χ0v) is 9.59. The van der Waals surface area contributed by atoms with Crippen LogP contribution in [0.1, 0.15) is 19.3 Å². The maximum absolute atomic E-state index is 11.7. The highest BCUT2D eigenvalue weighted by Gasteiger charge is 2.27. The van der Waals surface area contributed by atoms with Gasteiger partial charge < -0.3 is 0 Å². The van der Waals surface area contributed by atoms with E-state index in [2.05, 4.69) is 19.9 Å². The van der Waals surface area contributed by atoms with Gasteiger partial charge in [-0.15, -0.1) is 0 Å². The van der Waals surface area contributed by atoms with E-state index in [-0.39, 0.29) is 5.91 Å². The lowest BCUT2D eigenvalue weighted by molar-refractivity contribution is -0.113. The molecule has 1 amide bonds. The number of amidine groups is 1. The van der Waals surface area contributed by atoms with E-state index in [1.165, 1.54) is 25.6 Å². The first-order chi connectivity index (χ1) is 8.34. The van der Waals surface area contributed by atoms with Crippen molar-refractivity contribution < 1.29 is 4.79 Å². The van der Waals surface area contributed by atoms with Gasteiger partial charge in [-0.3, -0.25) is 9.69 Å². The fraction of sp³-hybridized carbons (Fsp3) is 0.500. The van der Waals surface area contributed by atoms with Crippen LogP contribution in [0.3, 0.4) is 0 Å². The number of amides is 1. The molecular weight excluding hydrogens is 216 g/mol.